The number of rotatable bonds is 2. The number of piperazine rings is 1. The molecule has 1 aromatic heterocycles. The first kappa shape index (κ1) is 11.6. The molecule has 0 aliphatic carbocycles. The quantitative estimate of drug-likeness (QED) is 0.822. The molecule has 3 unspecified atom stereocenters. The molecule has 16 heavy (non-hydrogen) atoms. The van der Waals surface area contributed by atoms with Crippen LogP contribution in [0.4, 0.5) is 0 Å². The standard InChI is InChI=1S/C13H21N3/c1-10-9-16(11(2)8-15-10)12(3)13-4-6-14-7-5-13/h4-7,10-12,15H,8-9H2,1-3H3. The zero-order valence-corrected chi connectivity index (χ0v) is 10.4. The highest BCUT2D eigenvalue weighted by Gasteiger charge is 2.26. The molecule has 0 spiro atoms. The first-order chi connectivity index (χ1) is 7.68. The average molecular weight is 219 g/mol. The lowest BCUT2D eigenvalue weighted by molar-refractivity contribution is 0.103. The molecule has 0 bridgehead atoms. The van der Waals surface area contributed by atoms with Crippen LogP contribution in [0, 0.1) is 0 Å². The molecule has 1 aliphatic rings. The molecule has 0 amide bonds. The highest BCUT2D eigenvalue weighted by molar-refractivity contribution is 5.15. The average Bonchev–Trinajstić information content (AvgIpc) is 2.32. The van der Waals surface area contributed by atoms with Crippen molar-refractivity contribution >= 4 is 0 Å². The molecule has 88 valence electrons. The van der Waals surface area contributed by atoms with E-state index >= 15 is 0 Å². The second-order valence-corrected chi connectivity index (χ2v) is 4.81. The van der Waals surface area contributed by atoms with E-state index in [-0.39, 0.29) is 0 Å². The maximum absolute atomic E-state index is 4.08. The Morgan fingerprint density at radius 3 is 2.75 bits per heavy atom. The lowest BCUT2D eigenvalue weighted by atomic mass is 10.0. The van der Waals surface area contributed by atoms with E-state index in [0.717, 1.165) is 13.1 Å². The van der Waals surface area contributed by atoms with Crippen molar-refractivity contribution in [3.63, 3.8) is 0 Å². The SMILES string of the molecule is CC1CN(C(C)c2ccncc2)C(C)CN1. The Kier molecular flexibility index (Phi) is 3.56. The maximum Gasteiger partial charge on any atom is 0.0325 e. The number of nitrogens with one attached hydrogen (secondary N) is 1. The minimum Gasteiger partial charge on any atom is -0.311 e. The Bertz CT molecular complexity index is 325. The monoisotopic (exact) mass is 219 g/mol. The highest BCUT2D eigenvalue weighted by Crippen LogP contribution is 2.23. The van der Waals surface area contributed by atoms with Gasteiger partial charge in [0, 0.05) is 43.6 Å². The summed E-state index contributed by atoms with van der Waals surface area (Å²) in [5.41, 5.74) is 1.36. The van der Waals surface area contributed by atoms with E-state index in [1.807, 2.05) is 12.4 Å². The van der Waals surface area contributed by atoms with E-state index in [9.17, 15) is 0 Å². The Hall–Kier alpha value is -0.930. The van der Waals surface area contributed by atoms with Gasteiger partial charge in [0.1, 0.15) is 0 Å². The second-order valence-electron chi connectivity index (χ2n) is 4.81. The summed E-state index contributed by atoms with van der Waals surface area (Å²) in [5, 5.41) is 3.51. The lowest BCUT2D eigenvalue weighted by Crippen LogP contribution is -2.54. The summed E-state index contributed by atoms with van der Waals surface area (Å²) >= 11 is 0. The summed E-state index contributed by atoms with van der Waals surface area (Å²) in [6.45, 7) is 9.01. The molecule has 0 saturated carbocycles. The molecular weight excluding hydrogens is 198 g/mol. The van der Waals surface area contributed by atoms with Gasteiger partial charge in [0.25, 0.3) is 0 Å². The maximum atomic E-state index is 4.08. The zero-order valence-electron chi connectivity index (χ0n) is 10.4. The van der Waals surface area contributed by atoms with E-state index in [4.69, 9.17) is 0 Å². The van der Waals surface area contributed by atoms with Crippen molar-refractivity contribution in [1.82, 2.24) is 15.2 Å². The van der Waals surface area contributed by atoms with E-state index in [2.05, 4.69) is 48.1 Å². The predicted molar refractivity (Wildman–Crippen MR) is 66.3 cm³/mol. The van der Waals surface area contributed by atoms with Crippen LogP contribution in [0.1, 0.15) is 32.4 Å². The Labute approximate surface area is 97.9 Å². The van der Waals surface area contributed by atoms with Crippen LogP contribution in [0.15, 0.2) is 24.5 Å². The van der Waals surface area contributed by atoms with Gasteiger partial charge in [-0.15, -0.1) is 0 Å². The van der Waals surface area contributed by atoms with Gasteiger partial charge in [0.2, 0.25) is 0 Å². The molecule has 3 atom stereocenters. The lowest BCUT2D eigenvalue weighted by Gasteiger charge is -2.41. The van der Waals surface area contributed by atoms with Gasteiger partial charge in [0.05, 0.1) is 0 Å². The predicted octanol–water partition coefficient (Wildman–Crippen LogP) is 1.82. The normalized spacial score (nSPS) is 28.9. The number of nitrogens with zero attached hydrogens (tertiary/aromatic N) is 2. The third-order valence-corrected chi connectivity index (χ3v) is 3.50. The molecule has 1 aliphatic heterocycles. The van der Waals surface area contributed by atoms with E-state index in [1.165, 1.54) is 5.56 Å². The third-order valence-electron chi connectivity index (χ3n) is 3.50. The van der Waals surface area contributed by atoms with Crippen LogP contribution in [0.5, 0.6) is 0 Å². The van der Waals surface area contributed by atoms with E-state index < -0.39 is 0 Å². The third kappa shape index (κ3) is 2.42. The smallest absolute Gasteiger partial charge is 0.0325 e. The van der Waals surface area contributed by atoms with Crippen LogP contribution in [0.3, 0.4) is 0 Å². The fourth-order valence-electron chi connectivity index (χ4n) is 2.42. The largest absolute Gasteiger partial charge is 0.311 e. The van der Waals surface area contributed by atoms with Gasteiger partial charge >= 0.3 is 0 Å². The van der Waals surface area contributed by atoms with Crippen molar-refractivity contribution in [3.8, 4) is 0 Å². The van der Waals surface area contributed by atoms with E-state index in [0.29, 0.717) is 18.1 Å². The molecule has 3 heteroatoms. The fraction of sp³-hybridized carbons (Fsp3) is 0.615. The van der Waals surface area contributed by atoms with Crippen LogP contribution < -0.4 is 5.32 Å². The number of aromatic nitrogens is 1. The number of pyridine rings is 1. The van der Waals surface area contributed by atoms with Crippen LogP contribution >= 0.6 is 0 Å². The minimum atomic E-state index is 0.475. The van der Waals surface area contributed by atoms with Gasteiger partial charge in [0.15, 0.2) is 0 Å². The van der Waals surface area contributed by atoms with Gasteiger partial charge in [-0.05, 0) is 38.5 Å². The van der Waals surface area contributed by atoms with Crippen molar-refractivity contribution in [2.75, 3.05) is 13.1 Å². The molecule has 3 nitrogen and oxygen atoms in total. The van der Waals surface area contributed by atoms with Crippen molar-refractivity contribution in [3.05, 3.63) is 30.1 Å². The summed E-state index contributed by atoms with van der Waals surface area (Å²) in [4.78, 5) is 6.64. The minimum absolute atomic E-state index is 0.475. The number of hydrogen-bond acceptors (Lipinski definition) is 3. The Balaban J connectivity index is 2.11. The molecular formula is C13H21N3. The van der Waals surface area contributed by atoms with E-state index in [1.54, 1.807) is 0 Å². The van der Waals surface area contributed by atoms with Crippen molar-refractivity contribution in [1.29, 1.82) is 0 Å². The second kappa shape index (κ2) is 4.93. The van der Waals surface area contributed by atoms with Gasteiger partial charge in [-0.1, -0.05) is 0 Å². The van der Waals surface area contributed by atoms with Crippen LogP contribution in [-0.4, -0.2) is 35.1 Å². The molecule has 0 radical (unpaired) electrons. The molecule has 1 aromatic rings. The fourth-order valence-corrected chi connectivity index (χ4v) is 2.42. The van der Waals surface area contributed by atoms with Crippen LogP contribution in [0.2, 0.25) is 0 Å². The number of hydrogen-bond donors (Lipinski definition) is 1. The highest BCUT2D eigenvalue weighted by atomic mass is 15.2. The van der Waals surface area contributed by atoms with Crippen molar-refractivity contribution in [2.24, 2.45) is 0 Å². The summed E-state index contributed by atoms with van der Waals surface area (Å²) in [6, 6.07) is 5.89. The van der Waals surface area contributed by atoms with Crippen molar-refractivity contribution < 1.29 is 0 Å². The first-order valence-electron chi connectivity index (χ1n) is 6.07. The molecule has 2 rings (SSSR count). The van der Waals surface area contributed by atoms with Gasteiger partial charge in [-0.2, -0.15) is 0 Å². The summed E-state index contributed by atoms with van der Waals surface area (Å²) in [6.07, 6.45) is 3.75. The van der Waals surface area contributed by atoms with Crippen molar-refractivity contribution in [2.45, 2.75) is 38.9 Å². The topological polar surface area (TPSA) is 28.2 Å². The molecule has 0 aromatic carbocycles. The Morgan fingerprint density at radius 1 is 1.38 bits per heavy atom. The van der Waals surface area contributed by atoms with Gasteiger partial charge in [-0.3, -0.25) is 9.88 Å². The first-order valence-corrected chi connectivity index (χ1v) is 6.07. The summed E-state index contributed by atoms with van der Waals surface area (Å²) in [7, 11) is 0. The summed E-state index contributed by atoms with van der Waals surface area (Å²) < 4.78 is 0. The summed E-state index contributed by atoms with van der Waals surface area (Å²) in [5.74, 6) is 0. The van der Waals surface area contributed by atoms with Gasteiger partial charge < -0.3 is 5.32 Å². The molecule has 1 fully saturated rings. The van der Waals surface area contributed by atoms with Crippen LogP contribution in [-0.2, 0) is 0 Å². The molecule has 1 saturated heterocycles. The van der Waals surface area contributed by atoms with Crippen LogP contribution in [0.25, 0.3) is 0 Å². The Morgan fingerprint density at radius 2 is 2.06 bits per heavy atom. The molecule has 1 N–H and O–H groups in total. The van der Waals surface area contributed by atoms with Gasteiger partial charge in [-0.25, -0.2) is 0 Å². The molecule has 2 heterocycles. The zero-order chi connectivity index (χ0) is 11.5.